The average molecular weight is 244 g/mol. The Hall–Kier alpha value is 0.904. The maximum Gasteiger partial charge on any atom is 1.00 e. The zero-order chi connectivity index (χ0) is 8.95. The van der Waals surface area contributed by atoms with Gasteiger partial charge in [-0.1, -0.05) is 6.92 Å². The molecule has 1 rings (SSSR count). The van der Waals surface area contributed by atoms with E-state index < -0.39 is 0 Å². The van der Waals surface area contributed by atoms with Crippen LogP contribution in [0.4, 0.5) is 0 Å². The van der Waals surface area contributed by atoms with Gasteiger partial charge in [0.15, 0.2) is 0 Å². The molecular formula is C9H12CuLi2NS. The van der Waals surface area contributed by atoms with E-state index in [9.17, 15) is 0 Å². The number of thiophene rings is 1. The summed E-state index contributed by atoms with van der Waals surface area (Å²) in [5, 5.41) is 11.1. The zero-order valence-corrected chi connectivity index (χ0v) is 10.9. The number of nitrogens with zero attached hydrogens (tertiary/aromatic N) is 1. The third kappa shape index (κ3) is 38.4. The smallest absolute Gasteiger partial charge is 0.512 e. The van der Waals surface area contributed by atoms with Crippen LogP contribution >= 0.6 is 11.3 Å². The topological polar surface area (TPSA) is 23.8 Å². The van der Waals surface area contributed by atoms with E-state index in [1.54, 1.807) is 11.3 Å². The molecule has 0 saturated carbocycles. The van der Waals surface area contributed by atoms with Crippen LogP contribution in [-0.4, -0.2) is 0 Å². The van der Waals surface area contributed by atoms with Gasteiger partial charge in [0.25, 0.3) is 0 Å². The average Bonchev–Trinajstić information content (AvgIpc) is 2.65. The summed E-state index contributed by atoms with van der Waals surface area (Å²) >= 11 is 1.59. The van der Waals surface area contributed by atoms with Crippen molar-refractivity contribution in [3.63, 3.8) is 0 Å². The SMILES string of the molecule is C[CH-]CC.[C-]#N.[Cu+].[Li+].[Li+].[c-]1cccs1. The molecule has 0 aromatic carbocycles. The second-order valence-electron chi connectivity index (χ2n) is 1.55. The van der Waals surface area contributed by atoms with Crippen LogP contribution in [0.15, 0.2) is 17.5 Å². The monoisotopic (exact) mass is 243 g/mol. The Labute approximate surface area is 126 Å². The third-order valence-electron chi connectivity index (χ3n) is 0.787. The first-order valence-electron chi connectivity index (χ1n) is 3.31. The van der Waals surface area contributed by atoms with Crippen LogP contribution in [0.25, 0.3) is 0 Å². The Morgan fingerprint density at radius 1 is 1.43 bits per heavy atom. The summed E-state index contributed by atoms with van der Waals surface area (Å²) < 4.78 is 0. The van der Waals surface area contributed by atoms with Gasteiger partial charge in [0.05, 0.1) is 0 Å². The molecule has 0 saturated heterocycles. The molecule has 0 amide bonds. The van der Waals surface area contributed by atoms with Crippen LogP contribution in [-0.2, 0) is 17.1 Å². The molecule has 0 bridgehead atoms. The maximum absolute atomic E-state index is 6.25. The van der Waals surface area contributed by atoms with Crippen molar-refractivity contribution < 1.29 is 54.8 Å². The molecule has 0 aliphatic rings. The Bertz CT molecular complexity index is 127. The van der Waals surface area contributed by atoms with E-state index in [1.807, 2.05) is 17.5 Å². The Balaban J connectivity index is -0.0000000282. The van der Waals surface area contributed by atoms with Crippen LogP contribution in [0.3, 0.4) is 0 Å². The molecule has 14 heavy (non-hydrogen) atoms. The van der Waals surface area contributed by atoms with Crippen LogP contribution in [0, 0.1) is 23.6 Å². The molecule has 1 aromatic heterocycles. The molecule has 1 heterocycles. The standard InChI is InChI=1S/C4H3S.C4H9.CN.Cu.2Li/c1-2-4-5-3-1;1-3-4-2;1-2;;;/h1-3H;3H,4H2,1-2H3;;;;/q3*-1;3*+1. The molecule has 5 heteroatoms. The molecule has 0 radical (unpaired) electrons. The number of hydrogen-bond acceptors (Lipinski definition) is 2. The van der Waals surface area contributed by atoms with Crippen molar-refractivity contribution in [3.05, 3.63) is 35.9 Å². The minimum Gasteiger partial charge on any atom is -0.512 e. The predicted octanol–water partition coefficient (Wildman–Crippen LogP) is -2.73. The van der Waals surface area contributed by atoms with Gasteiger partial charge >= 0.3 is 54.8 Å². The van der Waals surface area contributed by atoms with Gasteiger partial charge in [-0.3, -0.25) is 0 Å². The quantitative estimate of drug-likeness (QED) is 0.388. The summed E-state index contributed by atoms with van der Waals surface area (Å²) in [6.45, 7) is 8.93. The molecule has 72 valence electrons. The van der Waals surface area contributed by atoms with E-state index in [-0.39, 0.29) is 54.8 Å². The summed E-state index contributed by atoms with van der Waals surface area (Å²) in [7, 11) is 0. The summed E-state index contributed by atoms with van der Waals surface area (Å²) in [4.78, 5) is 0. The third-order valence-corrected chi connectivity index (χ3v) is 1.35. The molecule has 1 nitrogen and oxygen atoms in total. The van der Waals surface area contributed by atoms with Gasteiger partial charge < -0.3 is 29.6 Å². The molecule has 0 unspecified atom stereocenters. The zero-order valence-electron chi connectivity index (χ0n) is 9.17. The molecule has 1 aromatic rings. The fourth-order valence-corrected chi connectivity index (χ4v) is 0.589. The molecule has 0 spiro atoms. The summed E-state index contributed by atoms with van der Waals surface area (Å²) in [5.41, 5.74) is 0. The predicted molar refractivity (Wildman–Crippen MR) is 48.4 cm³/mol. The maximum atomic E-state index is 6.25. The van der Waals surface area contributed by atoms with Crippen LogP contribution in [0.1, 0.15) is 20.3 Å². The van der Waals surface area contributed by atoms with Gasteiger partial charge in [-0.25, -0.2) is 6.07 Å². The van der Waals surface area contributed by atoms with E-state index in [0.29, 0.717) is 0 Å². The second-order valence-corrected chi connectivity index (χ2v) is 2.29. The van der Waals surface area contributed by atoms with Gasteiger partial charge in [-0.05, 0) is 0 Å². The number of unbranched alkanes of at least 4 members (excludes halogenated alkanes) is 1. The fourth-order valence-electron chi connectivity index (χ4n) is 0.196. The first kappa shape index (κ1) is 29.4. The van der Waals surface area contributed by atoms with E-state index in [0.717, 1.165) is 0 Å². The normalized spacial score (nSPS) is 5.14. The van der Waals surface area contributed by atoms with Crippen LogP contribution in [0.2, 0.25) is 0 Å². The number of hydrogen-bond donors (Lipinski definition) is 0. The van der Waals surface area contributed by atoms with Gasteiger partial charge in [-0.2, -0.15) is 24.8 Å². The molecule has 0 aliphatic heterocycles. The van der Waals surface area contributed by atoms with Crippen molar-refractivity contribution in [2.45, 2.75) is 20.3 Å². The Morgan fingerprint density at radius 3 is 1.93 bits per heavy atom. The molecule has 0 aliphatic carbocycles. The minimum atomic E-state index is 0. The first-order chi connectivity index (χ1) is 5.41. The molecule has 0 N–H and O–H groups in total. The molecule has 0 atom stereocenters. The Kier molecular flexibility index (Phi) is 77.8. The number of rotatable bonds is 1. The summed E-state index contributed by atoms with van der Waals surface area (Å²) in [6.07, 6.45) is 3.32. The van der Waals surface area contributed by atoms with E-state index in [4.69, 9.17) is 11.8 Å². The summed E-state index contributed by atoms with van der Waals surface area (Å²) in [5.74, 6) is 0. The van der Waals surface area contributed by atoms with E-state index >= 15 is 0 Å². The van der Waals surface area contributed by atoms with Crippen molar-refractivity contribution in [2.24, 2.45) is 0 Å². The Morgan fingerprint density at radius 2 is 1.86 bits per heavy atom. The van der Waals surface area contributed by atoms with Crippen molar-refractivity contribution >= 4 is 11.3 Å². The summed E-state index contributed by atoms with van der Waals surface area (Å²) in [6, 6.07) is 3.86. The van der Waals surface area contributed by atoms with E-state index in [1.165, 1.54) is 6.42 Å². The van der Waals surface area contributed by atoms with Crippen molar-refractivity contribution in [1.29, 1.82) is 5.26 Å². The second kappa shape index (κ2) is 37.1. The van der Waals surface area contributed by atoms with Crippen molar-refractivity contribution in [2.75, 3.05) is 0 Å². The van der Waals surface area contributed by atoms with Gasteiger partial charge in [0.2, 0.25) is 0 Å². The molecular weight excluding hydrogens is 232 g/mol. The largest absolute Gasteiger partial charge is 1.00 e. The van der Waals surface area contributed by atoms with Gasteiger partial charge in [0.1, 0.15) is 0 Å². The van der Waals surface area contributed by atoms with Crippen molar-refractivity contribution in [3.8, 4) is 0 Å². The fraction of sp³-hybridized carbons (Fsp3) is 0.333. The van der Waals surface area contributed by atoms with Gasteiger partial charge in [-0.15, -0.1) is 5.38 Å². The molecule has 0 fully saturated rings. The first-order valence-corrected chi connectivity index (χ1v) is 4.19. The van der Waals surface area contributed by atoms with E-state index in [2.05, 4.69) is 25.6 Å². The minimum absolute atomic E-state index is 0. The van der Waals surface area contributed by atoms with Crippen LogP contribution in [0.5, 0.6) is 0 Å². The van der Waals surface area contributed by atoms with Crippen LogP contribution < -0.4 is 37.7 Å². The van der Waals surface area contributed by atoms with Gasteiger partial charge in [0, 0.05) is 0 Å². The van der Waals surface area contributed by atoms with Crippen molar-refractivity contribution in [1.82, 2.24) is 0 Å².